The average Bonchev–Trinajstić information content (AvgIpc) is 2.90. The van der Waals surface area contributed by atoms with Gasteiger partial charge in [0.2, 0.25) is 11.8 Å². The highest BCUT2D eigenvalue weighted by molar-refractivity contribution is 7.92. The molecule has 0 radical (unpaired) electrons. The summed E-state index contributed by atoms with van der Waals surface area (Å²) in [6, 6.07) is 21.7. The number of benzene rings is 3. The van der Waals surface area contributed by atoms with Gasteiger partial charge in [0.05, 0.1) is 10.6 Å². The summed E-state index contributed by atoms with van der Waals surface area (Å²) in [5.74, 6) is -0.727. The topological polar surface area (TPSA) is 86.8 Å². The summed E-state index contributed by atoms with van der Waals surface area (Å²) in [5.41, 5.74) is 2.10. The van der Waals surface area contributed by atoms with E-state index in [4.69, 9.17) is 11.6 Å². The molecule has 2 amide bonds. The number of hydrogen-bond donors (Lipinski definition) is 1. The van der Waals surface area contributed by atoms with Crippen LogP contribution in [0.5, 0.6) is 0 Å². The van der Waals surface area contributed by atoms with Crippen LogP contribution in [0.1, 0.15) is 38.3 Å². The minimum Gasteiger partial charge on any atom is -0.352 e. The zero-order chi connectivity index (χ0) is 28.6. The molecular formula is C30H36ClN3O4S. The fraction of sp³-hybridized carbons (Fsp3) is 0.333. The first-order valence-corrected chi connectivity index (χ1v) is 14.8. The second-order valence-corrected chi connectivity index (χ2v) is 12.0. The van der Waals surface area contributed by atoms with E-state index in [0.717, 1.165) is 9.87 Å². The van der Waals surface area contributed by atoms with Gasteiger partial charge in [0.25, 0.3) is 10.0 Å². The molecule has 7 nitrogen and oxygen atoms in total. The molecule has 0 saturated carbocycles. The van der Waals surface area contributed by atoms with E-state index in [-0.39, 0.29) is 23.4 Å². The van der Waals surface area contributed by atoms with Crippen molar-refractivity contribution in [2.24, 2.45) is 0 Å². The molecule has 1 unspecified atom stereocenters. The largest absolute Gasteiger partial charge is 0.352 e. The van der Waals surface area contributed by atoms with Crippen LogP contribution < -0.4 is 9.62 Å². The van der Waals surface area contributed by atoms with E-state index in [0.29, 0.717) is 29.1 Å². The Balaban J connectivity index is 2.02. The number of rotatable bonds is 12. The van der Waals surface area contributed by atoms with E-state index in [1.54, 1.807) is 25.1 Å². The molecule has 1 N–H and O–H groups in total. The van der Waals surface area contributed by atoms with Gasteiger partial charge in [-0.25, -0.2) is 8.42 Å². The third-order valence-corrected chi connectivity index (χ3v) is 8.39. The van der Waals surface area contributed by atoms with Crippen molar-refractivity contribution in [2.75, 3.05) is 17.4 Å². The number of carbonyl (C=O) groups is 2. The lowest BCUT2D eigenvalue weighted by Gasteiger charge is -2.34. The lowest BCUT2D eigenvalue weighted by atomic mass is 10.1. The first kappa shape index (κ1) is 30.2. The zero-order valence-corrected chi connectivity index (χ0v) is 24.4. The van der Waals surface area contributed by atoms with E-state index in [9.17, 15) is 18.0 Å². The van der Waals surface area contributed by atoms with E-state index < -0.39 is 28.5 Å². The van der Waals surface area contributed by atoms with Crippen molar-refractivity contribution in [1.82, 2.24) is 10.2 Å². The SMILES string of the molecule is CCC(C(=O)NC(C)C)N(CCc1ccccc1)C(=O)CN(c1ccccc1C)S(=O)(=O)c1ccc(Cl)cc1. The van der Waals surface area contributed by atoms with Gasteiger partial charge in [-0.2, -0.15) is 0 Å². The van der Waals surface area contributed by atoms with Gasteiger partial charge in [0.1, 0.15) is 12.6 Å². The van der Waals surface area contributed by atoms with Crippen LogP contribution in [0.2, 0.25) is 5.02 Å². The van der Waals surface area contributed by atoms with E-state index in [1.165, 1.54) is 29.2 Å². The van der Waals surface area contributed by atoms with Crippen LogP contribution in [-0.2, 0) is 26.0 Å². The molecule has 0 aliphatic rings. The lowest BCUT2D eigenvalue weighted by molar-refractivity contribution is -0.139. The summed E-state index contributed by atoms with van der Waals surface area (Å²) in [7, 11) is -4.13. The predicted octanol–water partition coefficient (Wildman–Crippen LogP) is 5.22. The van der Waals surface area contributed by atoms with Gasteiger partial charge in [0, 0.05) is 17.6 Å². The number of carbonyl (C=O) groups excluding carboxylic acids is 2. The highest BCUT2D eigenvalue weighted by atomic mass is 35.5. The molecule has 0 aliphatic carbocycles. The molecule has 9 heteroatoms. The molecule has 0 fully saturated rings. The first-order valence-electron chi connectivity index (χ1n) is 13.0. The fourth-order valence-electron chi connectivity index (χ4n) is 4.37. The van der Waals surface area contributed by atoms with Crippen LogP contribution in [0.15, 0.2) is 83.8 Å². The predicted molar refractivity (Wildman–Crippen MR) is 156 cm³/mol. The number of hydrogen-bond acceptors (Lipinski definition) is 4. The lowest BCUT2D eigenvalue weighted by Crippen LogP contribution is -2.54. The monoisotopic (exact) mass is 569 g/mol. The molecule has 0 spiro atoms. The summed E-state index contributed by atoms with van der Waals surface area (Å²) in [6.07, 6.45) is 0.902. The smallest absolute Gasteiger partial charge is 0.264 e. The second-order valence-electron chi connectivity index (χ2n) is 9.66. The van der Waals surface area contributed by atoms with Gasteiger partial charge < -0.3 is 10.2 Å². The van der Waals surface area contributed by atoms with Crippen LogP contribution >= 0.6 is 11.6 Å². The molecule has 0 aliphatic heterocycles. The highest BCUT2D eigenvalue weighted by Gasteiger charge is 2.34. The van der Waals surface area contributed by atoms with E-state index in [2.05, 4.69) is 5.32 Å². The molecule has 208 valence electrons. The van der Waals surface area contributed by atoms with Crippen molar-refractivity contribution in [3.8, 4) is 0 Å². The summed E-state index contributed by atoms with van der Waals surface area (Å²) >= 11 is 6.00. The molecule has 0 saturated heterocycles. The summed E-state index contributed by atoms with van der Waals surface area (Å²) in [5, 5.41) is 3.31. The summed E-state index contributed by atoms with van der Waals surface area (Å²) in [6.45, 7) is 7.16. The number of amides is 2. The minimum atomic E-state index is -4.13. The average molecular weight is 570 g/mol. The van der Waals surface area contributed by atoms with E-state index >= 15 is 0 Å². The third kappa shape index (κ3) is 7.83. The Kier molecular flexibility index (Phi) is 10.5. The molecule has 0 heterocycles. The van der Waals surface area contributed by atoms with Crippen LogP contribution in [-0.4, -0.2) is 50.3 Å². The van der Waals surface area contributed by atoms with Crippen molar-refractivity contribution in [2.45, 2.75) is 57.5 Å². The fourth-order valence-corrected chi connectivity index (χ4v) is 5.97. The van der Waals surface area contributed by atoms with Crippen molar-refractivity contribution in [1.29, 1.82) is 0 Å². The number of para-hydroxylation sites is 1. The number of anilines is 1. The standard InChI is InChI=1S/C30H36ClN3O4S/c1-5-27(30(36)32-22(2)3)33(20-19-24-12-7-6-8-13-24)29(35)21-34(28-14-10-9-11-23(28)4)39(37,38)26-17-15-25(31)16-18-26/h6-18,22,27H,5,19-21H2,1-4H3,(H,32,36). The second kappa shape index (κ2) is 13.6. The van der Waals surface area contributed by atoms with E-state index in [1.807, 2.05) is 57.2 Å². The maximum Gasteiger partial charge on any atom is 0.264 e. The Morgan fingerprint density at radius 3 is 2.13 bits per heavy atom. The Bertz CT molecular complexity index is 1360. The summed E-state index contributed by atoms with van der Waals surface area (Å²) in [4.78, 5) is 28.7. The molecule has 0 aromatic heterocycles. The maximum atomic E-state index is 14.0. The molecule has 3 aromatic carbocycles. The van der Waals surface area contributed by atoms with Crippen LogP contribution in [0.3, 0.4) is 0 Å². The molecule has 3 rings (SSSR count). The maximum absolute atomic E-state index is 14.0. The van der Waals surface area contributed by atoms with Crippen LogP contribution in [0, 0.1) is 6.92 Å². The normalized spacial score (nSPS) is 12.2. The molecule has 0 bridgehead atoms. The third-order valence-electron chi connectivity index (χ3n) is 6.37. The molecular weight excluding hydrogens is 534 g/mol. The van der Waals surface area contributed by atoms with Crippen molar-refractivity contribution in [3.63, 3.8) is 0 Å². The van der Waals surface area contributed by atoms with Crippen molar-refractivity contribution < 1.29 is 18.0 Å². The Hall–Kier alpha value is -3.36. The number of aryl methyl sites for hydroxylation is 1. The van der Waals surface area contributed by atoms with Gasteiger partial charge in [-0.1, -0.05) is 67.1 Å². The van der Waals surface area contributed by atoms with Crippen LogP contribution in [0.4, 0.5) is 5.69 Å². The Labute approximate surface area is 236 Å². The molecule has 3 aromatic rings. The van der Waals surface area contributed by atoms with Gasteiger partial charge in [-0.05, 0) is 75.1 Å². The number of halogens is 1. The number of nitrogens with zero attached hydrogens (tertiary/aromatic N) is 2. The van der Waals surface area contributed by atoms with Gasteiger partial charge in [0.15, 0.2) is 0 Å². The quantitative estimate of drug-likeness (QED) is 0.324. The Morgan fingerprint density at radius 2 is 1.54 bits per heavy atom. The van der Waals surface area contributed by atoms with Gasteiger partial charge in [-0.15, -0.1) is 0 Å². The number of sulfonamides is 1. The zero-order valence-electron chi connectivity index (χ0n) is 22.8. The van der Waals surface area contributed by atoms with Gasteiger partial charge >= 0.3 is 0 Å². The van der Waals surface area contributed by atoms with Gasteiger partial charge in [-0.3, -0.25) is 13.9 Å². The van der Waals surface area contributed by atoms with Crippen molar-refractivity contribution in [3.05, 3.63) is 95.0 Å². The van der Waals surface area contributed by atoms with Crippen molar-refractivity contribution >= 4 is 39.1 Å². The molecule has 1 atom stereocenters. The first-order chi connectivity index (χ1) is 18.5. The summed E-state index contributed by atoms with van der Waals surface area (Å²) < 4.78 is 28.9. The number of nitrogens with one attached hydrogen (secondary N) is 1. The van der Waals surface area contributed by atoms with Crippen LogP contribution in [0.25, 0.3) is 0 Å². The Morgan fingerprint density at radius 1 is 0.923 bits per heavy atom. The minimum absolute atomic E-state index is 0.0170. The molecule has 39 heavy (non-hydrogen) atoms. The highest BCUT2D eigenvalue weighted by Crippen LogP contribution is 2.28.